The average molecular weight is 145 g/mol. The Bertz CT molecular complexity index is 27.7. The second kappa shape index (κ2) is 10.9. The summed E-state index contributed by atoms with van der Waals surface area (Å²) < 4.78 is 0. The van der Waals surface area contributed by atoms with E-state index in [-0.39, 0.29) is 35.5 Å². The number of halogens is 1. The van der Waals surface area contributed by atoms with E-state index in [2.05, 4.69) is 20.8 Å². The maximum absolute atomic E-state index is 3.76. The third-order valence-corrected chi connectivity index (χ3v) is 1.19. The third-order valence-electron chi connectivity index (χ3n) is 1.19. The van der Waals surface area contributed by atoms with E-state index in [9.17, 15) is 0 Å². The van der Waals surface area contributed by atoms with Crippen molar-refractivity contribution in [2.45, 2.75) is 26.7 Å². The van der Waals surface area contributed by atoms with Gasteiger partial charge in [-0.25, -0.2) is 0 Å². The molecule has 0 aromatic rings. The standard InChI is InChI=1S/C6H13.ClH.Mg/c1-4-6(3)5-2;;/h6H,1,4-5H2,2-3H3;1H;/q-1;;+2/p-1. The van der Waals surface area contributed by atoms with Gasteiger partial charge < -0.3 is 19.3 Å². The molecular formula is C6H13ClMg. The first-order chi connectivity index (χ1) is 2.81. The molecule has 0 aromatic heterocycles. The molecule has 0 amide bonds. The summed E-state index contributed by atoms with van der Waals surface area (Å²) in [6.07, 6.45) is 2.35. The molecule has 0 saturated carbocycles. The van der Waals surface area contributed by atoms with Gasteiger partial charge >= 0.3 is 23.1 Å². The molecule has 0 aliphatic carbocycles. The van der Waals surface area contributed by atoms with Gasteiger partial charge in [0.05, 0.1) is 0 Å². The van der Waals surface area contributed by atoms with Crippen LogP contribution in [0.2, 0.25) is 0 Å². The average Bonchev–Trinajstić information content (AvgIpc) is 1.65. The van der Waals surface area contributed by atoms with Crippen LogP contribution in [0.15, 0.2) is 0 Å². The van der Waals surface area contributed by atoms with E-state index in [1.807, 2.05) is 0 Å². The summed E-state index contributed by atoms with van der Waals surface area (Å²) in [6.45, 7) is 8.16. The molecular weight excluding hydrogens is 132 g/mol. The fourth-order valence-electron chi connectivity index (χ4n) is 0.204. The Morgan fingerprint density at radius 3 is 1.88 bits per heavy atom. The number of hydrogen-bond acceptors (Lipinski definition) is 0. The second-order valence-corrected chi connectivity index (χ2v) is 1.80. The van der Waals surface area contributed by atoms with Crippen molar-refractivity contribution in [2.24, 2.45) is 5.92 Å². The SMILES string of the molecule is [CH2-]CC(C)CC.[Cl-].[Mg+2]. The van der Waals surface area contributed by atoms with Crippen molar-refractivity contribution in [1.82, 2.24) is 0 Å². The Morgan fingerprint density at radius 2 is 1.88 bits per heavy atom. The van der Waals surface area contributed by atoms with Crippen molar-refractivity contribution < 1.29 is 12.4 Å². The first-order valence-electron chi connectivity index (χ1n) is 2.60. The molecule has 0 N–H and O–H groups in total. The molecule has 0 aromatic carbocycles. The Balaban J connectivity index is -0.000000125. The molecule has 0 radical (unpaired) electrons. The van der Waals surface area contributed by atoms with Crippen molar-refractivity contribution in [3.05, 3.63) is 6.92 Å². The number of hydrogen-bond donors (Lipinski definition) is 0. The molecule has 46 valence electrons. The minimum atomic E-state index is 0. The molecule has 0 bridgehead atoms. The largest absolute Gasteiger partial charge is 2.00 e. The van der Waals surface area contributed by atoms with Gasteiger partial charge in [-0.1, -0.05) is 26.2 Å². The van der Waals surface area contributed by atoms with E-state index >= 15 is 0 Å². The van der Waals surface area contributed by atoms with Crippen molar-refractivity contribution in [1.29, 1.82) is 0 Å². The van der Waals surface area contributed by atoms with Gasteiger partial charge in [-0.15, -0.1) is 0 Å². The summed E-state index contributed by atoms with van der Waals surface area (Å²) in [4.78, 5) is 0. The molecule has 0 saturated heterocycles. The first kappa shape index (κ1) is 16.0. The first-order valence-corrected chi connectivity index (χ1v) is 2.60. The molecule has 0 fully saturated rings. The molecule has 1 unspecified atom stereocenters. The van der Waals surface area contributed by atoms with Gasteiger partial charge in [-0.05, 0) is 0 Å². The minimum absolute atomic E-state index is 0. The zero-order valence-corrected chi connectivity index (χ0v) is 7.95. The van der Waals surface area contributed by atoms with E-state index in [0.717, 1.165) is 12.3 Å². The van der Waals surface area contributed by atoms with E-state index in [4.69, 9.17) is 0 Å². The molecule has 0 nitrogen and oxygen atoms in total. The predicted molar refractivity (Wildman–Crippen MR) is 35.2 cm³/mol. The molecule has 2 heteroatoms. The van der Waals surface area contributed by atoms with Crippen LogP contribution >= 0.6 is 0 Å². The van der Waals surface area contributed by atoms with Gasteiger partial charge in [0.15, 0.2) is 0 Å². The fraction of sp³-hybridized carbons (Fsp3) is 0.833. The van der Waals surface area contributed by atoms with Crippen LogP contribution in [0.4, 0.5) is 0 Å². The molecule has 1 atom stereocenters. The Labute approximate surface area is 75.0 Å². The monoisotopic (exact) mass is 144 g/mol. The van der Waals surface area contributed by atoms with Crippen molar-refractivity contribution in [2.75, 3.05) is 0 Å². The van der Waals surface area contributed by atoms with Crippen LogP contribution in [-0.2, 0) is 0 Å². The fourth-order valence-corrected chi connectivity index (χ4v) is 0.204. The van der Waals surface area contributed by atoms with Crippen LogP contribution in [0.25, 0.3) is 0 Å². The minimum Gasteiger partial charge on any atom is -1.00 e. The quantitative estimate of drug-likeness (QED) is 0.341. The molecule has 0 spiro atoms. The summed E-state index contributed by atoms with van der Waals surface area (Å²) >= 11 is 0. The van der Waals surface area contributed by atoms with Gasteiger partial charge in [0.25, 0.3) is 0 Å². The van der Waals surface area contributed by atoms with Gasteiger partial charge in [-0.2, -0.15) is 6.42 Å². The number of rotatable bonds is 2. The molecule has 0 rings (SSSR count). The van der Waals surface area contributed by atoms with Gasteiger partial charge in [-0.3, -0.25) is 0 Å². The van der Waals surface area contributed by atoms with Gasteiger partial charge in [0, 0.05) is 0 Å². The van der Waals surface area contributed by atoms with Crippen LogP contribution < -0.4 is 12.4 Å². The second-order valence-electron chi connectivity index (χ2n) is 1.80. The molecule has 8 heavy (non-hydrogen) atoms. The Hall–Kier alpha value is 1.06. The van der Waals surface area contributed by atoms with E-state index < -0.39 is 0 Å². The maximum atomic E-state index is 3.76. The summed E-state index contributed by atoms with van der Waals surface area (Å²) in [7, 11) is 0. The van der Waals surface area contributed by atoms with Crippen LogP contribution in [0.1, 0.15) is 26.7 Å². The van der Waals surface area contributed by atoms with Crippen LogP contribution in [0.5, 0.6) is 0 Å². The van der Waals surface area contributed by atoms with E-state index in [1.54, 1.807) is 0 Å². The Morgan fingerprint density at radius 1 is 1.50 bits per heavy atom. The van der Waals surface area contributed by atoms with Crippen LogP contribution in [0, 0.1) is 12.8 Å². The van der Waals surface area contributed by atoms with Gasteiger partial charge in [0.2, 0.25) is 0 Å². The zero-order valence-electron chi connectivity index (χ0n) is 5.78. The molecule has 0 aliphatic heterocycles. The van der Waals surface area contributed by atoms with E-state index in [0.29, 0.717) is 0 Å². The van der Waals surface area contributed by atoms with Crippen molar-refractivity contribution >= 4 is 23.1 Å². The summed E-state index contributed by atoms with van der Waals surface area (Å²) in [5.74, 6) is 0.824. The summed E-state index contributed by atoms with van der Waals surface area (Å²) in [5.41, 5.74) is 0. The topological polar surface area (TPSA) is 0 Å². The van der Waals surface area contributed by atoms with Gasteiger partial charge in [0.1, 0.15) is 0 Å². The van der Waals surface area contributed by atoms with E-state index in [1.165, 1.54) is 6.42 Å². The molecule has 0 aliphatic rings. The van der Waals surface area contributed by atoms with Crippen LogP contribution in [-0.4, -0.2) is 23.1 Å². The maximum Gasteiger partial charge on any atom is 2.00 e. The summed E-state index contributed by atoms with van der Waals surface area (Å²) in [6, 6.07) is 0. The predicted octanol–water partition coefficient (Wildman–Crippen LogP) is -1.12. The smallest absolute Gasteiger partial charge is 1.00 e. The molecule has 0 heterocycles. The van der Waals surface area contributed by atoms with Crippen LogP contribution in [0.3, 0.4) is 0 Å². The van der Waals surface area contributed by atoms with Crippen molar-refractivity contribution in [3.63, 3.8) is 0 Å². The third kappa shape index (κ3) is 10.1. The Kier molecular flexibility index (Phi) is 21.9. The summed E-state index contributed by atoms with van der Waals surface area (Å²) in [5, 5.41) is 0. The van der Waals surface area contributed by atoms with Crippen molar-refractivity contribution in [3.8, 4) is 0 Å². The zero-order chi connectivity index (χ0) is 4.99. The normalized spacial score (nSPS) is 10.9.